The molecule has 0 spiro atoms. The lowest BCUT2D eigenvalue weighted by Crippen LogP contribution is -2.22. The van der Waals surface area contributed by atoms with Crippen LogP contribution in [0.5, 0.6) is 0 Å². The molecule has 172 valence electrons. The fourth-order valence-corrected chi connectivity index (χ4v) is 4.78. The highest BCUT2D eigenvalue weighted by Gasteiger charge is 2.19. The first-order valence-corrected chi connectivity index (χ1v) is 11.8. The van der Waals surface area contributed by atoms with Crippen LogP contribution in [-0.4, -0.2) is 30.8 Å². The van der Waals surface area contributed by atoms with Crippen LogP contribution in [0.15, 0.2) is 76.7 Å². The third kappa shape index (κ3) is 4.16. The zero-order chi connectivity index (χ0) is 24.5. The van der Waals surface area contributed by atoms with Gasteiger partial charge in [0, 0.05) is 5.69 Å². The smallest absolute Gasteiger partial charge is 0.267 e. The topological polar surface area (TPSA) is 105 Å². The number of carbonyl (C=O) groups excluding carboxylic acids is 1. The molecule has 0 atom stereocenters. The first kappa shape index (κ1) is 22.4. The Morgan fingerprint density at radius 2 is 1.89 bits per heavy atom. The summed E-state index contributed by atoms with van der Waals surface area (Å²) in [6.07, 6.45) is 0. The van der Waals surface area contributed by atoms with E-state index in [4.69, 9.17) is 5.26 Å². The minimum Gasteiger partial charge on any atom is -0.325 e. The molecule has 0 radical (unpaired) electrons. The van der Waals surface area contributed by atoms with Crippen LogP contribution in [0.4, 0.5) is 5.69 Å². The summed E-state index contributed by atoms with van der Waals surface area (Å²) in [5, 5.41) is 21.5. The van der Waals surface area contributed by atoms with Crippen molar-refractivity contribution in [3.8, 4) is 11.8 Å². The number of nitrogens with one attached hydrogen (secondary N) is 1. The van der Waals surface area contributed by atoms with Crippen LogP contribution in [-0.2, 0) is 4.79 Å². The first-order chi connectivity index (χ1) is 17.0. The van der Waals surface area contributed by atoms with E-state index in [0.29, 0.717) is 33.1 Å². The van der Waals surface area contributed by atoms with Crippen molar-refractivity contribution in [2.45, 2.75) is 19.0 Å². The van der Waals surface area contributed by atoms with E-state index in [9.17, 15) is 9.59 Å². The summed E-state index contributed by atoms with van der Waals surface area (Å²) in [5.41, 5.74) is 4.28. The molecule has 2 heterocycles. The second-order valence-electron chi connectivity index (χ2n) is 8.10. The molecule has 5 aromatic rings. The number of fused-ring (bicyclic) bond motifs is 3. The van der Waals surface area contributed by atoms with Gasteiger partial charge in [0.25, 0.3) is 5.56 Å². The molecule has 0 saturated heterocycles. The third-order valence-electron chi connectivity index (χ3n) is 5.60. The number of hydrogen-bond donors (Lipinski definition) is 1. The van der Waals surface area contributed by atoms with Crippen molar-refractivity contribution in [3.63, 3.8) is 0 Å². The number of carbonyl (C=O) groups is 1. The molecular formula is C26H20N6O2S. The monoisotopic (exact) mass is 480 g/mol. The SMILES string of the molecule is Cc1ccc(-n2c(=O)c3ccccc3n3c(SCC(=O)Nc4cccc(C#N)c4)nnc23)c(C)c1. The van der Waals surface area contributed by atoms with Crippen LogP contribution in [0.2, 0.25) is 0 Å². The summed E-state index contributed by atoms with van der Waals surface area (Å²) in [7, 11) is 0. The Hall–Kier alpha value is -4.42. The minimum atomic E-state index is -0.242. The van der Waals surface area contributed by atoms with Gasteiger partial charge in [0.2, 0.25) is 11.7 Å². The van der Waals surface area contributed by atoms with Crippen molar-refractivity contribution >= 4 is 40.0 Å². The zero-order valence-electron chi connectivity index (χ0n) is 19.0. The highest BCUT2D eigenvalue weighted by molar-refractivity contribution is 7.99. The highest BCUT2D eigenvalue weighted by atomic mass is 32.2. The van der Waals surface area contributed by atoms with Crippen molar-refractivity contribution in [1.82, 2.24) is 19.2 Å². The molecular weight excluding hydrogens is 460 g/mol. The van der Waals surface area contributed by atoms with Crippen LogP contribution in [0.25, 0.3) is 22.4 Å². The number of benzene rings is 3. The number of para-hydroxylation sites is 1. The van der Waals surface area contributed by atoms with Crippen molar-refractivity contribution in [3.05, 3.63) is 93.8 Å². The van der Waals surface area contributed by atoms with E-state index in [1.807, 2.05) is 54.6 Å². The van der Waals surface area contributed by atoms with Crippen LogP contribution >= 0.6 is 11.8 Å². The van der Waals surface area contributed by atoms with Crippen LogP contribution in [0.1, 0.15) is 16.7 Å². The number of nitriles is 1. The highest BCUT2D eigenvalue weighted by Crippen LogP contribution is 2.25. The largest absolute Gasteiger partial charge is 0.325 e. The van der Waals surface area contributed by atoms with Gasteiger partial charge in [-0.05, 0) is 55.8 Å². The summed E-state index contributed by atoms with van der Waals surface area (Å²) in [4.78, 5) is 26.1. The van der Waals surface area contributed by atoms with E-state index in [-0.39, 0.29) is 17.2 Å². The summed E-state index contributed by atoms with van der Waals surface area (Å²) < 4.78 is 3.38. The summed E-state index contributed by atoms with van der Waals surface area (Å²) in [5.74, 6) is 0.216. The Labute approximate surface area is 204 Å². The Bertz CT molecular complexity index is 1710. The van der Waals surface area contributed by atoms with Crippen molar-refractivity contribution < 1.29 is 4.79 Å². The zero-order valence-corrected chi connectivity index (χ0v) is 19.8. The molecule has 5 rings (SSSR count). The van der Waals surface area contributed by atoms with Gasteiger partial charge in [-0.3, -0.25) is 14.0 Å². The fraction of sp³-hybridized carbons (Fsp3) is 0.115. The normalized spacial score (nSPS) is 11.0. The molecule has 3 aromatic carbocycles. The average molecular weight is 481 g/mol. The van der Waals surface area contributed by atoms with Crippen molar-refractivity contribution in [2.24, 2.45) is 0 Å². The molecule has 9 heteroatoms. The molecule has 0 bridgehead atoms. The molecule has 0 unspecified atom stereocenters. The number of nitrogens with zero attached hydrogens (tertiary/aromatic N) is 5. The van der Waals surface area contributed by atoms with Crippen molar-refractivity contribution in [2.75, 3.05) is 11.1 Å². The Balaban J connectivity index is 1.55. The Morgan fingerprint density at radius 1 is 1.06 bits per heavy atom. The molecule has 2 aromatic heterocycles. The van der Waals surface area contributed by atoms with Crippen LogP contribution < -0.4 is 10.9 Å². The van der Waals surface area contributed by atoms with E-state index in [2.05, 4.69) is 21.6 Å². The maximum absolute atomic E-state index is 13.5. The van der Waals surface area contributed by atoms with Crippen LogP contribution in [0.3, 0.4) is 0 Å². The lowest BCUT2D eigenvalue weighted by atomic mass is 10.1. The Morgan fingerprint density at radius 3 is 2.69 bits per heavy atom. The number of thioether (sulfide) groups is 1. The molecule has 35 heavy (non-hydrogen) atoms. The van der Waals surface area contributed by atoms with Crippen molar-refractivity contribution in [1.29, 1.82) is 5.26 Å². The second-order valence-corrected chi connectivity index (χ2v) is 9.04. The first-order valence-electron chi connectivity index (χ1n) is 10.9. The van der Waals surface area contributed by atoms with Gasteiger partial charge in [0.05, 0.1) is 34.0 Å². The molecule has 0 aliphatic rings. The average Bonchev–Trinajstić information content (AvgIpc) is 3.28. The van der Waals surface area contributed by atoms with Gasteiger partial charge in [-0.15, -0.1) is 10.2 Å². The van der Waals surface area contributed by atoms with E-state index in [0.717, 1.165) is 16.8 Å². The maximum Gasteiger partial charge on any atom is 0.267 e. The standard InChI is InChI=1S/C26H20N6O2S/c1-16-10-11-21(17(2)12-16)31-24(34)20-8-3-4-9-22(20)32-25(31)29-30-26(32)35-15-23(33)28-19-7-5-6-18(13-19)14-27/h3-13H,15H2,1-2H3,(H,28,33). The van der Waals surface area contributed by atoms with E-state index < -0.39 is 0 Å². The summed E-state index contributed by atoms with van der Waals surface area (Å²) in [6.45, 7) is 3.96. The lowest BCUT2D eigenvalue weighted by Gasteiger charge is -2.13. The van der Waals surface area contributed by atoms with E-state index in [1.165, 1.54) is 11.8 Å². The number of rotatable bonds is 5. The number of hydrogen-bond acceptors (Lipinski definition) is 6. The summed E-state index contributed by atoms with van der Waals surface area (Å²) >= 11 is 1.22. The van der Waals surface area contributed by atoms with E-state index >= 15 is 0 Å². The van der Waals surface area contributed by atoms with Gasteiger partial charge in [-0.25, -0.2) is 4.57 Å². The minimum absolute atomic E-state index is 0.0780. The molecule has 0 saturated carbocycles. The lowest BCUT2D eigenvalue weighted by molar-refractivity contribution is -0.113. The number of aromatic nitrogens is 4. The number of aryl methyl sites for hydroxylation is 2. The molecule has 0 aliphatic heterocycles. The van der Waals surface area contributed by atoms with Gasteiger partial charge in [0.15, 0.2) is 5.16 Å². The Kier molecular flexibility index (Phi) is 5.81. The van der Waals surface area contributed by atoms with Crippen LogP contribution in [0, 0.1) is 25.2 Å². The summed E-state index contributed by atoms with van der Waals surface area (Å²) in [6, 6.07) is 22.0. The predicted molar refractivity (Wildman–Crippen MR) is 136 cm³/mol. The quantitative estimate of drug-likeness (QED) is 0.377. The molecule has 1 N–H and O–H groups in total. The number of amides is 1. The number of anilines is 1. The molecule has 0 fully saturated rings. The predicted octanol–water partition coefficient (Wildman–Crippen LogP) is 4.25. The van der Waals surface area contributed by atoms with Gasteiger partial charge in [-0.1, -0.05) is 47.7 Å². The van der Waals surface area contributed by atoms with Gasteiger partial charge in [-0.2, -0.15) is 5.26 Å². The molecule has 1 amide bonds. The fourth-order valence-electron chi connectivity index (χ4n) is 4.04. The molecule has 8 nitrogen and oxygen atoms in total. The van der Waals surface area contributed by atoms with Gasteiger partial charge in [0.1, 0.15) is 0 Å². The molecule has 0 aliphatic carbocycles. The maximum atomic E-state index is 13.5. The van der Waals surface area contributed by atoms with Gasteiger partial charge < -0.3 is 5.32 Å². The second kappa shape index (κ2) is 9.08. The third-order valence-corrected chi connectivity index (χ3v) is 6.52. The van der Waals surface area contributed by atoms with Gasteiger partial charge >= 0.3 is 0 Å². The van der Waals surface area contributed by atoms with E-state index in [1.54, 1.807) is 34.9 Å².